The number of rotatable bonds is 8. The lowest BCUT2D eigenvalue weighted by atomic mass is 9.90. The molecule has 1 aliphatic heterocycles. The monoisotopic (exact) mass is 280 g/mol. The van der Waals surface area contributed by atoms with Gasteiger partial charge in [0, 0.05) is 25.2 Å². The van der Waals surface area contributed by atoms with E-state index in [4.69, 9.17) is 0 Å². The summed E-state index contributed by atoms with van der Waals surface area (Å²) in [6.45, 7) is 13.3. The van der Waals surface area contributed by atoms with Crippen LogP contribution in [0.1, 0.15) is 66.2 Å². The molecule has 1 heterocycles. The van der Waals surface area contributed by atoms with E-state index in [1.165, 1.54) is 58.2 Å². The van der Waals surface area contributed by atoms with Crippen molar-refractivity contribution in [3.05, 3.63) is 0 Å². The molecule has 2 rings (SSSR count). The van der Waals surface area contributed by atoms with E-state index < -0.39 is 0 Å². The van der Waals surface area contributed by atoms with Crippen LogP contribution >= 0.6 is 0 Å². The summed E-state index contributed by atoms with van der Waals surface area (Å²) in [5.74, 6) is 2.75. The second-order valence-electron chi connectivity index (χ2n) is 7.61. The first-order chi connectivity index (χ1) is 9.63. The van der Waals surface area contributed by atoms with E-state index in [1.54, 1.807) is 0 Å². The fraction of sp³-hybridized carbons (Fsp3) is 1.00. The van der Waals surface area contributed by atoms with Gasteiger partial charge in [-0.1, -0.05) is 34.1 Å². The predicted octanol–water partition coefficient (Wildman–Crippen LogP) is 3.91. The summed E-state index contributed by atoms with van der Waals surface area (Å²) in [4.78, 5) is 2.84. The first-order valence-electron chi connectivity index (χ1n) is 9.11. The summed E-state index contributed by atoms with van der Waals surface area (Å²) in [5, 5.41) is 3.84. The molecule has 118 valence electrons. The van der Waals surface area contributed by atoms with E-state index >= 15 is 0 Å². The molecule has 0 radical (unpaired) electrons. The van der Waals surface area contributed by atoms with E-state index in [0.29, 0.717) is 0 Å². The van der Waals surface area contributed by atoms with Crippen LogP contribution < -0.4 is 5.32 Å². The zero-order chi connectivity index (χ0) is 14.5. The molecular weight excluding hydrogens is 244 g/mol. The van der Waals surface area contributed by atoms with Crippen molar-refractivity contribution in [3.8, 4) is 0 Å². The van der Waals surface area contributed by atoms with Gasteiger partial charge in [0.1, 0.15) is 0 Å². The Morgan fingerprint density at radius 1 is 1.15 bits per heavy atom. The van der Waals surface area contributed by atoms with Gasteiger partial charge in [0.15, 0.2) is 0 Å². The van der Waals surface area contributed by atoms with Crippen LogP contribution in [-0.2, 0) is 0 Å². The maximum Gasteiger partial charge on any atom is 0.0198 e. The van der Waals surface area contributed by atoms with Gasteiger partial charge in [-0.25, -0.2) is 0 Å². The highest BCUT2D eigenvalue weighted by Crippen LogP contribution is 2.38. The number of nitrogens with one attached hydrogen (secondary N) is 1. The van der Waals surface area contributed by atoms with Crippen LogP contribution in [0.25, 0.3) is 0 Å². The van der Waals surface area contributed by atoms with Crippen molar-refractivity contribution in [2.45, 2.75) is 78.3 Å². The van der Waals surface area contributed by atoms with Crippen molar-refractivity contribution in [3.63, 3.8) is 0 Å². The molecule has 2 fully saturated rings. The highest BCUT2D eigenvalue weighted by atomic mass is 15.2. The minimum atomic E-state index is 0.736. The quantitative estimate of drug-likeness (QED) is 0.725. The fourth-order valence-corrected chi connectivity index (χ4v) is 3.90. The molecule has 0 spiro atoms. The van der Waals surface area contributed by atoms with Crippen LogP contribution in [0.15, 0.2) is 0 Å². The molecule has 0 amide bonds. The first kappa shape index (κ1) is 16.3. The Bertz CT molecular complexity index is 273. The Labute approximate surface area is 126 Å². The van der Waals surface area contributed by atoms with Gasteiger partial charge in [0.2, 0.25) is 0 Å². The molecule has 1 saturated carbocycles. The molecule has 3 atom stereocenters. The molecule has 0 bridgehead atoms. The highest BCUT2D eigenvalue weighted by molar-refractivity contribution is 4.92. The van der Waals surface area contributed by atoms with E-state index in [0.717, 1.165) is 29.8 Å². The Morgan fingerprint density at radius 2 is 1.90 bits per heavy atom. The van der Waals surface area contributed by atoms with Crippen LogP contribution in [0.2, 0.25) is 0 Å². The summed E-state index contributed by atoms with van der Waals surface area (Å²) in [5.41, 5.74) is 0. The summed E-state index contributed by atoms with van der Waals surface area (Å²) in [6.07, 6.45) is 8.37. The van der Waals surface area contributed by atoms with Crippen LogP contribution in [0.3, 0.4) is 0 Å². The number of hydrogen-bond donors (Lipinski definition) is 1. The Kier molecular flexibility index (Phi) is 6.35. The lowest BCUT2D eigenvalue weighted by Crippen LogP contribution is -2.53. The lowest BCUT2D eigenvalue weighted by molar-refractivity contribution is 0.0822. The average Bonchev–Trinajstić information content (AvgIpc) is 3.23. The van der Waals surface area contributed by atoms with E-state index in [-0.39, 0.29) is 0 Å². The maximum absolute atomic E-state index is 3.84. The van der Waals surface area contributed by atoms with Crippen LogP contribution in [-0.4, -0.2) is 36.6 Å². The molecule has 1 N–H and O–H groups in total. The summed E-state index contributed by atoms with van der Waals surface area (Å²) in [6, 6.07) is 1.61. The SMILES string of the molecule is CCC1CC(NCCC(C)C)CN(C(CC)C2CC2)C1. The molecule has 0 aromatic heterocycles. The molecule has 2 aliphatic rings. The molecular formula is C18H36N2. The summed E-state index contributed by atoms with van der Waals surface area (Å²) in [7, 11) is 0. The zero-order valence-electron chi connectivity index (χ0n) is 14.2. The Balaban J connectivity index is 1.85. The molecule has 0 aromatic carbocycles. The Hall–Kier alpha value is -0.0800. The van der Waals surface area contributed by atoms with Crippen molar-refractivity contribution >= 4 is 0 Å². The van der Waals surface area contributed by atoms with E-state index in [1.807, 2.05) is 0 Å². The van der Waals surface area contributed by atoms with Crippen LogP contribution in [0, 0.1) is 17.8 Å². The molecule has 3 unspecified atom stereocenters. The second-order valence-corrected chi connectivity index (χ2v) is 7.61. The van der Waals surface area contributed by atoms with Gasteiger partial charge in [-0.2, -0.15) is 0 Å². The normalized spacial score (nSPS) is 29.9. The predicted molar refractivity (Wildman–Crippen MR) is 88.0 cm³/mol. The largest absolute Gasteiger partial charge is 0.313 e. The average molecular weight is 281 g/mol. The van der Waals surface area contributed by atoms with Gasteiger partial charge >= 0.3 is 0 Å². The second kappa shape index (κ2) is 7.79. The van der Waals surface area contributed by atoms with Crippen molar-refractivity contribution in [1.29, 1.82) is 0 Å². The van der Waals surface area contributed by atoms with Crippen molar-refractivity contribution < 1.29 is 0 Å². The van der Waals surface area contributed by atoms with Gasteiger partial charge < -0.3 is 5.32 Å². The van der Waals surface area contributed by atoms with E-state index in [2.05, 4.69) is 37.9 Å². The summed E-state index contributed by atoms with van der Waals surface area (Å²) >= 11 is 0. The van der Waals surface area contributed by atoms with Crippen molar-refractivity contribution in [2.24, 2.45) is 17.8 Å². The molecule has 20 heavy (non-hydrogen) atoms. The smallest absolute Gasteiger partial charge is 0.0198 e. The van der Waals surface area contributed by atoms with Crippen LogP contribution in [0.5, 0.6) is 0 Å². The minimum Gasteiger partial charge on any atom is -0.313 e. The molecule has 0 aromatic rings. The van der Waals surface area contributed by atoms with Gasteiger partial charge in [-0.3, -0.25) is 4.90 Å². The number of likely N-dealkylation sites (tertiary alicyclic amines) is 1. The number of hydrogen-bond acceptors (Lipinski definition) is 2. The fourth-order valence-electron chi connectivity index (χ4n) is 3.90. The van der Waals surface area contributed by atoms with E-state index in [9.17, 15) is 0 Å². The third-order valence-corrected chi connectivity index (χ3v) is 5.35. The van der Waals surface area contributed by atoms with Crippen LogP contribution in [0.4, 0.5) is 0 Å². The first-order valence-corrected chi connectivity index (χ1v) is 9.11. The minimum absolute atomic E-state index is 0.736. The summed E-state index contributed by atoms with van der Waals surface area (Å²) < 4.78 is 0. The third kappa shape index (κ3) is 4.73. The molecule has 1 saturated heterocycles. The molecule has 2 nitrogen and oxygen atoms in total. The van der Waals surface area contributed by atoms with Gasteiger partial charge in [-0.05, 0) is 56.4 Å². The topological polar surface area (TPSA) is 15.3 Å². The van der Waals surface area contributed by atoms with Gasteiger partial charge in [-0.15, -0.1) is 0 Å². The molecule has 1 aliphatic carbocycles. The zero-order valence-corrected chi connectivity index (χ0v) is 14.2. The lowest BCUT2D eigenvalue weighted by Gasteiger charge is -2.42. The Morgan fingerprint density at radius 3 is 2.45 bits per heavy atom. The maximum atomic E-state index is 3.84. The molecule has 2 heteroatoms. The number of nitrogens with zero attached hydrogens (tertiary/aromatic N) is 1. The van der Waals surface area contributed by atoms with Gasteiger partial charge in [0.25, 0.3) is 0 Å². The highest BCUT2D eigenvalue weighted by Gasteiger charge is 2.37. The third-order valence-electron chi connectivity index (χ3n) is 5.35. The van der Waals surface area contributed by atoms with Crippen molar-refractivity contribution in [1.82, 2.24) is 10.2 Å². The number of piperidine rings is 1. The van der Waals surface area contributed by atoms with Crippen molar-refractivity contribution in [2.75, 3.05) is 19.6 Å². The standard InChI is InChI=1S/C18H36N2/c1-5-15-11-17(19-10-9-14(3)4)13-20(12-15)18(6-2)16-7-8-16/h14-19H,5-13H2,1-4H3. The van der Waals surface area contributed by atoms with Gasteiger partial charge in [0.05, 0.1) is 0 Å².